The number of likely N-dealkylation sites (N-methyl/N-ethyl adjacent to an activating group) is 1. The van der Waals surface area contributed by atoms with Crippen LogP contribution in [0.5, 0.6) is 5.75 Å². The third-order valence-electron chi connectivity index (χ3n) is 3.39. The van der Waals surface area contributed by atoms with Crippen LogP contribution in [0.25, 0.3) is 0 Å². The Morgan fingerprint density at radius 3 is 2.43 bits per heavy atom. The Morgan fingerprint density at radius 2 is 1.93 bits per heavy atom. The molecule has 0 aromatic heterocycles. The summed E-state index contributed by atoms with van der Waals surface area (Å²) in [6.45, 7) is 3.44. The van der Waals surface area contributed by atoms with Gasteiger partial charge in [-0.15, -0.1) is 0 Å². The minimum absolute atomic E-state index is 0.354. The molecule has 1 aliphatic rings. The lowest BCUT2D eigenvalue weighted by molar-refractivity contribution is 0.318. The third kappa shape index (κ3) is 1.62. The van der Waals surface area contributed by atoms with Crippen LogP contribution in [-0.4, -0.2) is 29.6 Å². The van der Waals surface area contributed by atoms with Crippen LogP contribution in [-0.2, 0) is 0 Å². The molecule has 1 aliphatic heterocycles. The highest BCUT2D eigenvalue weighted by atomic mass is 16.3. The first-order valence-electron chi connectivity index (χ1n) is 5.17. The molecule has 1 aromatic rings. The summed E-state index contributed by atoms with van der Waals surface area (Å²) in [6.07, 6.45) is 1.22. The quantitative estimate of drug-likeness (QED) is 0.735. The molecule has 0 amide bonds. The zero-order valence-corrected chi connectivity index (χ0v) is 8.77. The summed E-state index contributed by atoms with van der Waals surface area (Å²) in [4.78, 5) is 2.39. The lowest BCUT2D eigenvalue weighted by Gasteiger charge is -2.20. The fraction of sp³-hybridized carbons (Fsp3) is 0.500. The second kappa shape index (κ2) is 3.62. The predicted octanol–water partition coefficient (Wildman–Crippen LogP) is 2.20. The second-order valence-electron chi connectivity index (χ2n) is 4.21. The van der Waals surface area contributed by atoms with Gasteiger partial charge in [-0.05, 0) is 44.6 Å². The third-order valence-corrected chi connectivity index (χ3v) is 3.39. The van der Waals surface area contributed by atoms with Crippen molar-refractivity contribution in [1.29, 1.82) is 0 Å². The van der Waals surface area contributed by atoms with Crippen LogP contribution in [0.1, 0.15) is 24.8 Å². The molecule has 2 rings (SSSR count). The van der Waals surface area contributed by atoms with Crippen LogP contribution >= 0.6 is 0 Å². The van der Waals surface area contributed by atoms with E-state index in [1.54, 1.807) is 12.1 Å². The summed E-state index contributed by atoms with van der Waals surface area (Å²) >= 11 is 0. The molecular formula is C12H17NO. The smallest absolute Gasteiger partial charge is 0.115 e. The number of benzene rings is 1. The molecule has 14 heavy (non-hydrogen) atoms. The number of hydrogen-bond donors (Lipinski definition) is 1. The van der Waals surface area contributed by atoms with Gasteiger partial charge in [-0.2, -0.15) is 0 Å². The average molecular weight is 191 g/mol. The first kappa shape index (κ1) is 9.53. The van der Waals surface area contributed by atoms with Crippen molar-refractivity contribution in [3.8, 4) is 5.75 Å². The Labute approximate surface area is 85.2 Å². The van der Waals surface area contributed by atoms with Crippen LogP contribution in [0.2, 0.25) is 0 Å². The summed E-state index contributed by atoms with van der Waals surface area (Å²) in [7, 11) is 2.17. The van der Waals surface area contributed by atoms with Gasteiger partial charge in [0.2, 0.25) is 0 Å². The maximum atomic E-state index is 9.21. The van der Waals surface area contributed by atoms with E-state index in [9.17, 15) is 5.11 Å². The minimum Gasteiger partial charge on any atom is -0.508 e. The van der Waals surface area contributed by atoms with E-state index in [1.165, 1.54) is 18.5 Å². The number of nitrogens with zero attached hydrogens (tertiary/aromatic N) is 1. The van der Waals surface area contributed by atoms with Crippen LogP contribution in [0, 0.1) is 0 Å². The van der Waals surface area contributed by atoms with E-state index in [0.717, 1.165) is 0 Å². The van der Waals surface area contributed by atoms with Crippen molar-refractivity contribution in [2.75, 3.05) is 13.6 Å². The predicted molar refractivity (Wildman–Crippen MR) is 57.6 cm³/mol. The topological polar surface area (TPSA) is 23.5 Å². The van der Waals surface area contributed by atoms with Gasteiger partial charge < -0.3 is 10.0 Å². The molecule has 1 heterocycles. The fourth-order valence-corrected chi connectivity index (χ4v) is 2.26. The summed E-state index contributed by atoms with van der Waals surface area (Å²) in [5, 5.41) is 9.21. The van der Waals surface area contributed by atoms with Crippen molar-refractivity contribution in [2.24, 2.45) is 0 Å². The highest BCUT2D eigenvalue weighted by Gasteiger charge is 2.28. The number of rotatable bonds is 1. The molecule has 2 atom stereocenters. The number of likely N-dealkylation sites (tertiary alicyclic amines) is 1. The van der Waals surface area contributed by atoms with Gasteiger partial charge in [0.15, 0.2) is 0 Å². The van der Waals surface area contributed by atoms with E-state index < -0.39 is 0 Å². The molecule has 1 saturated heterocycles. The average Bonchev–Trinajstić information content (AvgIpc) is 2.50. The second-order valence-corrected chi connectivity index (χ2v) is 4.21. The molecule has 76 valence electrons. The summed E-state index contributed by atoms with van der Waals surface area (Å²) in [5.74, 6) is 0.980. The molecular weight excluding hydrogens is 174 g/mol. The van der Waals surface area contributed by atoms with Crippen LogP contribution < -0.4 is 0 Å². The summed E-state index contributed by atoms with van der Waals surface area (Å²) in [6, 6.07) is 8.24. The molecule has 1 fully saturated rings. The number of phenols is 1. The standard InChI is InChI=1S/C12H17NO/c1-9-12(7-8-13(9)2)10-3-5-11(14)6-4-10/h3-6,9,12,14H,7-8H2,1-2H3/t9-,12?/m1/s1. The number of hydrogen-bond acceptors (Lipinski definition) is 2. The molecule has 0 spiro atoms. The molecule has 1 aromatic carbocycles. The van der Waals surface area contributed by atoms with Crippen LogP contribution in [0.4, 0.5) is 0 Å². The van der Waals surface area contributed by atoms with E-state index >= 15 is 0 Å². The van der Waals surface area contributed by atoms with E-state index in [1.807, 2.05) is 12.1 Å². The Bertz CT molecular complexity index is 307. The van der Waals surface area contributed by atoms with E-state index in [2.05, 4.69) is 18.9 Å². The van der Waals surface area contributed by atoms with Gasteiger partial charge in [-0.25, -0.2) is 0 Å². The molecule has 0 bridgehead atoms. The SMILES string of the molecule is C[C@@H]1C(c2ccc(O)cc2)CCN1C. The molecule has 2 nitrogen and oxygen atoms in total. The van der Waals surface area contributed by atoms with Gasteiger partial charge in [-0.3, -0.25) is 0 Å². The summed E-state index contributed by atoms with van der Waals surface area (Å²) < 4.78 is 0. The van der Waals surface area contributed by atoms with Gasteiger partial charge in [0, 0.05) is 12.0 Å². The van der Waals surface area contributed by atoms with Crippen molar-refractivity contribution in [3.63, 3.8) is 0 Å². The largest absolute Gasteiger partial charge is 0.508 e. The van der Waals surface area contributed by atoms with Gasteiger partial charge in [0.25, 0.3) is 0 Å². The molecule has 0 radical (unpaired) electrons. The minimum atomic E-state index is 0.354. The zero-order chi connectivity index (χ0) is 10.1. The summed E-state index contributed by atoms with van der Waals surface area (Å²) in [5.41, 5.74) is 1.35. The Morgan fingerprint density at radius 1 is 1.29 bits per heavy atom. The van der Waals surface area contributed by atoms with Crippen LogP contribution in [0.15, 0.2) is 24.3 Å². The zero-order valence-electron chi connectivity index (χ0n) is 8.77. The van der Waals surface area contributed by atoms with Crippen molar-refractivity contribution in [1.82, 2.24) is 4.90 Å². The monoisotopic (exact) mass is 191 g/mol. The first-order chi connectivity index (χ1) is 6.68. The van der Waals surface area contributed by atoms with E-state index in [4.69, 9.17) is 0 Å². The maximum Gasteiger partial charge on any atom is 0.115 e. The van der Waals surface area contributed by atoms with Crippen molar-refractivity contribution in [2.45, 2.75) is 25.3 Å². The van der Waals surface area contributed by atoms with E-state index in [-0.39, 0.29) is 0 Å². The fourth-order valence-electron chi connectivity index (χ4n) is 2.26. The van der Waals surface area contributed by atoms with E-state index in [0.29, 0.717) is 17.7 Å². The Hall–Kier alpha value is -1.02. The molecule has 0 aliphatic carbocycles. The number of phenolic OH excluding ortho intramolecular Hbond substituents is 1. The Kier molecular flexibility index (Phi) is 2.46. The Balaban J connectivity index is 2.19. The lowest BCUT2D eigenvalue weighted by atomic mass is 9.93. The van der Waals surface area contributed by atoms with Gasteiger partial charge >= 0.3 is 0 Å². The molecule has 1 N–H and O–H groups in total. The van der Waals surface area contributed by atoms with Gasteiger partial charge in [0.1, 0.15) is 5.75 Å². The maximum absolute atomic E-state index is 9.21. The van der Waals surface area contributed by atoms with Crippen molar-refractivity contribution < 1.29 is 5.11 Å². The highest BCUT2D eigenvalue weighted by molar-refractivity contribution is 5.29. The first-order valence-corrected chi connectivity index (χ1v) is 5.17. The number of aromatic hydroxyl groups is 1. The molecule has 2 heteroatoms. The van der Waals surface area contributed by atoms with Crippen LogP contribution in [0.3, 0.4) is 0 Å². The normalized spacial score (nSPS) is 28.1. The molecule has 0 saturated carbocycles. The lowest BCUT2D eigenvalue weighted by Crippen LogP contribution is -2.24. The molecule has 1 unspecified atom stereocenters. The van der Waals surface area contributed by atoms with Crippen molar-refractivity contribution >= 4 is 0 Å². The highest BCUT2D eigenvalue weighted by Crippen LogP contribution is 2.32. The van der Waals surface area contributed by atoms with Crippen molar-refractivity contribution in [3.05, 3.63) is 29.8 Å². The van der Waals surface area contributed by atoms with Gasteiger partial charge in [0.05, 0.1) is 0 Å². The van der Waals surface area contributed by atoms with Gasteiger partial charge in [-0.1, -0.05) is 12.1 Å².